The lowest BCUT2D eigenvalue weighted by atomic mass is 10.1. The van der Waals surface area contributed by atoms with Crippen molar-refractivity contribution in [3.63, 3.8) is 0 Å². The molecule has 0 amide bonds. The second kappa shape index (κ2) is 4.45. The van der Waals surface area contributed by atoms with E-state index in [1.807, 2.05) is 26.0 Å². The van der Waals surface area contributed by atoms with Crippen molar-refractivity contribution < 1.29 is 8.42 Å². The van der Waals surface area contributed by atoms with Gasteiger partial charge in [-0.15, -0.1) is 0 Å². The summed E-state index contributed by atoms with van der Waals surface area (Å²) < 4.78 is 28.3. The van der Waals surface area contributed by atoms with E-state index in [4.69, 9.17) is 0 Å². The van der Waals surface area contributed by atoms with Crippen molar-refractivity contribution >= 4 is 15.7 Å². The van der Waals surface area contributed by atoms with E-state index in [1.54, 1.807) is 17.7 Å². The van der Waals surface area contributed by atoms with Gasteiger partial charge >= 0.3 is 0 Å². The van der Waals surface area contributed by atoms with Gasteiger partial charge in [0.25, 0.3) is 10.0 Å². The lowest BCUT2D eigenvalue weighted by molar-refractivity contribution is 0.598. The third-order valence-corrected chi connectivity index (χ3v) is 3.83. The number of anilines is 1. The first-order valence-electron chi connectivity index (χ1n) is 5.46. The van der Waals surface area contributed by atoms with Gasteiger partial charge in [-0.05, 0) is 25.5 Å². The normalized spacial score (nSPS) is 11.5. The average Bonchev–Trinajstić information content (AvgIpc) is 2.70. The van der Waals surface area contributed by atoms with Crippen LogP contribution in [0.2, 0.25) is 0 Å². The number of sulfonamides is 1. The van der Waals surface area contributed by atoms with Gasteiger partial charge in [-0.3, -0.25) is 4.72 Å². The van der Waals surface area contributed by atoms with E-state index >= 15 is 0 Å². The molecule has 1 N–H and O–H groups in total. The molecule has 1 aromatic carbocycles. The van der Waals surface area contributed by atoms with Crippen molar-refractivity contribution in [2.75, 3.05) is 4.72 Å². The summed E-state index contributed by atoms with van der Waals surface area (Å²) in [7, 11) is -1.88. The van der Waals surface area contributed by atoms with Crippen molar-refractivity contribution in [1.82, 2.24) is 9.55 Å². The van der Waals surface area contributed by atoms with Crippen LogP contribution in [0.1, 0.15) is 11.1 Å². The fourth-order valence-corrected chi connectivity index (χ4v) is 2.77. The van der Waals surface area contributed by atoms with Crippen molar-refractivity contribution in [1.29, 1.82) is 0 Å². The maximum Gasteiger partial charge on any atom is 0.280 e. The van der Waals surface area contributed by atoms with Crippen LogP contribution in [0.4, 0.5) is 5.69 Å². The summed E-state index contributed by atoms with van der Waals surface area (Å²) in [5, 5.41) is 0.0185. The minimum atomic E-state index is -3.61. The summed E-state index contributed by atoms with van der Waals surface area (Å²) in [5.41, 5.74) is 2.55. The maximum atomic E-state index is 12.1. The quantitative estimate of drug-likeness (QED) is 0.921. The van der Waals surface area contributed by atoms with Gasteiger partial charge in [0.1, 0.15) is 0 Å². The monoisotopic (exact) mass is 265 g/mol. The van der Waals surface area contributed by atoms with Crippen LogP contribution >= 0.6 is 0 Å². The van der Waals surface area contributed by atoms with Crippen LogP contribution in [0.5, 0.6) is 0 Å². The minimum Gasteiger partial charge on any atom is -0.339 e. The first-order chi connectivity index (χ1) is 8.38. The topological polar surface area (TPSA) is 64.0 Å². The molecule has 2 rings (SSSR count). The molecule has 0 radical (unpaired) electrons. The molecular formula is C12H15N3O2S. The zero-order valence-electron chi connectivity index (χ0n) is 10.5. The second-order valence-electron chi connectivity index (χ2n) is 4.30. The zero-order valence-corrected chi connectivity index (χ0v) is 11.3. The van der Waals surface area contributed by atoms with Crippen LogP contribution in [0.3, 0.4) is 0 Å². The molecule has 0 spiro atoms. The zero-order chi connectivity index (χ0) is 13.3. The van der Waals surface area contributed by atoms with Crippen molar-refractivity contribution in [2.24, 2.45) is 7.05 Å². The molecule has 1 aromatic heterocycles. The fraction of sp³-hybridized carbons (Fsp3) is 0.250. The van der Waals surface area contributed by atoms with E-state index in [0.717, 1.165) is 11.1 Å². The van der Waals surface area contributed by atoms with Gasteiger partial charge < -0.3 is 4.57 Å². The summed E-state index contributed by atoms with van der Waals surface area (Å²) in [6.45, 7) is 3.83. The summed E-state index contributed by atoms with van der Waals surface area (Å²) in [4.78, 5) is 3.84. The fourth-order valence-electron chi connectivity index (χ4n) is 1.65. The number of nitrogens with zero attached hydrogens (tertiary/aromatic N) is 2. The molecule has 0 saturated heterocycles. The molecular weight excluding hydrogens is 250 g/mol. The molecule has 0 aliphatic heterocycles. The van der Waals surface area contributed by atoms with Crippen molar-refractivity contribution in [3.8, 4) is 0 Å². The SMILES string of the molecule is Cc1ccc(NS(=O)(=O)c2cn(C)cn2)c(C)c1. The minimum absolute atomic E-state index is 0.0185. The summed E-state index contributed by atoms with van der Waals surface area (Å²) in [6, 6.07) is 5.55. The van der Waals surface area contributed by atoms with Crippen LogP contribution in [0, 0.1) is 13.8 Å². The molecule has 0 saturated carbocycles. The second-order valence-corrected chi connectivity index (χ2v) is 5.93. The van der Waals surface area contributed by atoms with Crippen LogP contribution < -0.4 is 4.72 Å². The largest absolute Gasteiger partial charge is 0.339 e. The number of hydrogen-bond acceptors (Lipinski definition) is 3. The Morgan fingerprint density at radius 3 is 2.56 bits per heavy atom. The Hall–Kier alpha value is -1.82. The number of rotatable bonds is 3. The van der Waals surface area contributed by atoms with Gasteiger partial charge in [-0.25, -0.2) is 4.98 Å². The highest BCUT2D eigenvalue weighted by molar-refractivity contribution is 7.92. The van der Waals surface area contributed by atoms with E-state index < -0.39 is 10.0 Å². The van der Waals surface area contributed by atoms with Crippen LogP contribution in [0.25, 0.3) is 0 Å². The van der Waals surface area contributed by atoms with Crippen LogP contribution in [-0.4, -0.2) is 18.0 Å². The lowest BCUT2D eigenvalue weighted by Gasteiger charge is -2.09. The van der Waals surface area contributed by atoms with Gasteiger partial charge in [-0.2, -0.15) is 8.42 Å². The summed E-state index contributed by atoms with van der Waals surface area (Å²) in [5.74, 6) is 0. The van der Waals surface area contributed by atoms with Gasteiger partial charge in [0.15, 0.2) is 5.03 Å². The maximum absolute atomic E-state index is 12.1. The van der Waals surface area contributed by atoms with E-state index in [-0.39, 0.29) is 5.03 Å². The predicted octanol–water partition coefficient (Wildman–Crippen LogP) is 1.84. The standard InChI is InChI=1S/C12H15N3O2S/c1-9-4-5-11(10(2)6-9)14-18(16,17)12-7-15(3)8-13-12/h4-8,14H,1-3H3. The molecule has 2 aromatic rings. The molecule has 0 aliphatic carbocycles. The average molecular weight is 265 g/mol. The molecule has 0 bridgehead atoms. The Morgan fingerprint density at radius 1 is 1.28 bits per heavy atom. The van der Waals surface area contributed by atoms with Gasteiger partial charge in [0.2, 0.25) is 0 Å². The Labute approximate surface area is 107 Å². The Bertz CT molecular complexity index is 674. The van der Waals surface area contributed by atoms with Crippen molar-refractivity contribution in [3.05, 3.63) is 41.9 Å². The van der Waals surface area contributed by atoms with Gasteiger partial charge in [0, 0.05) is 13.2 Å². The molecule has 0 fully saturated rings. The van der Waals surface area contributed by atoms with E-state index in [1.165, 1.54) is 12.5 Å². The van der Waals surface area contributed by atoms with E-state index in [9.17, 15) is 8.42 Å². The smallest absolute Gasteiger partial charge is 0.280 e. The first kappa shape index (κ1) is 12.6. The third kappa shape index (κ3) is 2.53. The Kier molecular flexibility index (Phi) is 3.13. The van der Waals surface area contributed by atoms with E-state index in [2.05, 4.69) is 9.71 Å². The number of hydrogen-bond donors (Lipinski definition) is 1. The molecule has 96 valence electrons. The van der Waals surface area contributed by atoms with Gasteiger partial charge in [-0.1, -0.05) is 17.7 Å². The highest BCUT2D eigenvalue weighted by Crippen LogP contribution is 2.19. The van der Waals surface area contributed by atoms with Crippen molar-refractivity contribution in [2.45, 2.75) is 18.9 Å². The number of imidazole rings is 1. The van der Waals surface area contributed by atoms with Gasteiger partial charge in [0.05, 0.1) is 12.0 Å². The van der Waals surface area contributed by atoms with Crippen LogP contribution in [-0.2, 0) is 17.1 Å². The molecule has 6 heteroatoms. The summed E-state index contributed by atoms with van der Waals surface area (Å²) >= 11 is 0. The number of benzene rings is 1. The molecule has 18 heavy (non-hydrogen) atoms. The molecule has 0 atom stereocenters. The number of aryl methyl sites for hydroxylation is 3. The summed E-state index contributed by atoms with van der Waals surface area (Å²) in [6.07, 6.45) is 2.92. The molecule has 0 aliphatic rings. The Balaban J connectivity index is 2.33. The number of nitrogens with one attached hydrogen (secondary N) is 1. The highest BCUT2D eigenvalue weighted by atomic mass is 32.2. The Morgan fingerprint density at radius 2 is 2.00 bits per heavy atom. The molecule has 5 nitrogen and oxygen atoms in total. The molecule has 0 unspecified atom stereocenters. The third-order valence-electron chi connectivity index (χ3n) is 2.58. The number of aromatic nitrogens is 2. The predicted molar refractivity (Wildman–Crippen MR) is 69.9 cm³/mol. The first-order valence-corrected chi connectivity index (χ1v) is 6.95. The van der Waals surface area contributed by atoms with Crippen LogP contribution in [0.15, 0.2) is 35.7 Å². The highest BCUT2D eigenvalue weighted by Gasteiger charge is 2.17. The van der Waals surface area contributed by atoms with E-state index in [0.29, 0.717) is 5.69 Å². The lowest BCUT2D eigenvalue weighted by Crippen LogP contribution is -2.14. The molecule has 1 heterocycles.